The molecule has 182 valence electrons. The van der Waals surface area contributed by atoms with Crippen molar-refractivity contribution in [2.24, 2.45) is 0 Å². The summed E-state index contributed by atoms with van der Waals surface area (Å²) >= 11 is -0.765. The molecule has 6 nitrogen and oxygen atoms in total. The molecule has 4 rings (SSSR count). The minimum atomic E-state index is -2.19. The highest BCUT2D eigenvalue weighted by Crippen LogP contribution is 2.26. The zero-order valence-electron chi connectivity index (χ0n) is 18.5. The summed E-state index contributed by atoms with van der Waals surface area (Å²) in [5.74, 6) is -5.54. The van der Waals surface area contributed by atoms with E-state index in [0.29, 0.717) is 6.07 Å². The van der Waals surface area contributed by atoms with Crippen LogP contribution in [-0.4, -0.2) is 36.9 Å². The van der Waals surface area contributed by atoms with E-state index in [1.807, 2.05) is 6.92 Å². The smallest absolute Gasteiger partial charge is 0.328 e. The Morgan fingerprint density at radius 3 is 2.40 bits per heavy atom. The minimum absolute atomic E-state index is 0.00359. The van der Waals surface area contributed by atoms with E-state index in [-0.39, 0.29) is 23.1 Å². The highest BCUT2D eigenvalue weighted by molar-refractivity contribution is 7.90. The molecule has 2 aromatic carbocycles. The number of rotatable bonds is 7. The second-order valence-corrected chi connectivity index (χ2v) is 10.2. The molecular weight excluding hydrogens is 504 g/mol. The molecule has 0 aliphatic heterocycles. The third-order valence-corrected chi connectivity index (χ3v) is 7.20. The topological polar surface area (TPSA) is 74.1 Å². The number of benzene rings is 2. The van der Waals surface area contributed by atoms with E-state index >= 15 is 0 Å². The van der Waals surface area contributed by atoms with Gasteiger partial charge in [-0.05, 0) is 43.3 Å². The summed E-state index contributed by atoms with van der Waals surface area (Å²) in [4.78, 5) is 23.8. The molecule has 12 heteroatoms. The average Bonchev–Trinajstić information content (AvgIpc) is 3.45. The number of carbonyl (C=O) groups is 1. The molecule has 35 heavy (non-hydrogen) atoms. The first-order valence-corrected chi connectivity index (χ1v) is 12.3. The van der Waals surface area contributed by atoms with Gasteiger partial charge in [-0.25, -0.2) is 27.1 Å². The van der Waals surface area contributed by atoms with Crippen molar-refractivity contribution in [1.29, 1.82) is 0 Å². The van der Waals surface area contributed by atoms with Crippen LogP contribution in [0.3, 0.4) is 0 Å². The molecule has 0 radical (unpaired) electrons. The van der Waals surface area contributed by atoms with Gasteiger partial charge in [-0.2, -0.15) is 4.98 Å². The molecule has 2 aromatic heterocycles. The zero-order chi connectivity index (χ0) is 25.3. The highest BCUT2D eigenvalue weighted by atomic mass is 32.2. The molecule has 0 bridgehead atoms. The van der Waals surface area contributed by atoms with Gasteiger partial charge in [-0.1, -0.05) is 0 Å². The van der Waals surface area contributed by atoms with E-state index in [1.54, 1.807) is 13.2 Å². The number of amides is 1. The van der Waals surface area contributed by atoms with Crippen molar-refractivity contribution >= 4 is 28.4 Å². The summed E-state index contributed by atoms with van der Waals surface area (Å²) in [5.41, 5.74) is -0.441. The van der Waals surface area contributed by atoms with Crippen LogP contribution in [0, 0.1) is 30.2 Å². The number of aryl methyl sites for hydroxylation is 1. The van der Waals surface area contributed by atoms with Crippen LogP contribution in [0.25, 0.3) is 5.69 Å². The molecule has 0 saturated carbocycles. The Morgan fingerprint density at radius 2 is 1.74 bits per heavy atom. The van der Waals surface area contributed by atoms with Gasteiger partial charge in [0.1, 0.15) is 23.1 Å². The first-order chi connectivity index (χ1) is 16.7. The molecule has 1 atom stereocenters. The maximum atomic E-state index is 14.2. The van der Waals surface area contributed by atoms with Crippen LogP contribution in [0.15, 0.2) is 53.9 Å². The molecule has 0 N–H and O–H groups in total. The van der Waals surface area contributed by atoms with E-state index in [0.717, 1.165) is 28.1 Å². The van der Waals surface area contributed by atoms with Gasteiger partial charge in [-0.3, -0.25) is 4.79 Å². The van der Waals surface area contributed by atoms with Gasteiger partial charge in [0.2, 0.25) is 0 Å². The number of thiazole rings is 1. The number of hydrogen-bond acceptors (Lipinski definition) is 5. The summed E-state index contributed by atoms with van der Waals surface area (Å²) in [6.45, 7) is 2.09. The van der Waals surface area contributed by atoms with Crippen LogP contribution in [0.5, 0.6) is 0 Å². The molecule has 4 aromatic rings. The lowest BCUT2D eigenvalue weighted by Gasteiger charge is -2.18. The molecule has 1 amide bonds. The molecule has 1 unspecified atom stereocenters. The molecule has 0 fully saturated rings. The first-order valence-electron chi connectivity index (χ1n) is 10.2. The molecule has 0 spiro atoms. The first kappa shape index (κ1) is 24.9. The quantitative estimate of drug-likeness (QED) is 0.199. The second kappa shape index (κ2) is 10.2. The molecular formula is C23H18F4N4O2S2. The van der Waals surface area contributed by atoms with Gasteiger partial charge in [0.25, 0.3) is 5.91 Å². The summed E-state index contributed by atoms with van der Waals surface area (Å²) in [6, 6.07) is 6.36. The number of nitrogens with zero attached hydrogens (tertiary/aromatic N) is 4. The average molecular weight is 523 g/mol. The standard InChI is InChI=1S/C23H18F4N4O2S2/c1-13-28-9-16(34-13)11-30(2)22(32)20-10-29-23(31(20)15-5-3-14(24)4-6-15)35(33)12-17-18(25)7-8-19(26)21(17)27/h3-10H,11-12H2,1-2H3. The molecule has 0 aliphatic carbocycles. The zero-order valence-corrected chi connectivity index (χ0v) is 20.1. The minimum Gasteiger partial charge on any atom is -0.609 e. The number of aromatic nitrogens is 3. The monoisotopic (exact) mass is 522 g/mol. The Labute approximate surface area is 205 Å². The lowest BCUT2D eigenvalue weighted by atomic mass is 10.2. The van der Waals surface area contributed by atoms with Crippen molar-refractivity contribution in [2.45, 2.75) is 24.4 Å². The van der Waals surface area contributed by atoms with Crippen LogP contribution >= 0.6 is 11.3 Å². The van der Waals surface area contributed by atoms with Crippen molar-refractivity contribution < 1.29 is 26.9 Å². The Kier molecular flexibility index (Phi) is 7.24. The summed E-state index contributed by atoms with van der Waals surface area (Å²) < 4.78 is 69.9. The number of hydrogen-bond donors (Lipinski definition) is 0. The van der Waals surface area contributed by atoms with Gasteiger partial charge < -0.3 is 9.45 Å². The predicted molar refractivity (Wildman–Crippen MR) is 123 cm³/mol. The Morgan fingerprint density at radius 1 is 1.06 bits per heavy atom. The Balaban J connectivity index is 1.72. The summed E-state index contributed by atoms with van der Waals surface area (Å²) in [5, 5.41) is 0.636. The van der Waals surface area contributed by atoms with Gasteiger partial charge >= 0.3 is 5.16 Å². The van der Waals surface area contributed by atoms with Gasteiger partial charge in [-0.15, -0.1) is 11.3 Å². The fraction of sp³-hybridized carbons (Fsp3) is 0.174. The van der Waals surface area contributed by atoms with E-state index in [1.165, 1.54) is 39.1 Å². The van der Waals surface area contributed by atoms with Crippen LogP contribution in [0.2, 0.25) is 0 Å². The SMILES string of the molecule is Cc1ncc(CN(C)C(=O)c2cnc([S+]([O-])Cc3c(F)ccc(F)c3F)n2-c2ccc(F)cc2)s1. The van der Waals surface area contributed by atoms with Crippen molar-refractivity contribution in [1.82, 2.24) is 19.4 Å². The highest BCUT2D eigenvalue weighted by Gasteiger charge is 2.30. The van der Waals surface area contributed by atoms with E-state index in [4.69, 9.17) is 0 Å². The van der Waals surface area contributed by atoms with Gasteiger partial charge in [0.05, 0.1) is 29.0 Å². The normalized spacial score (nSPS) is 12.1. The largest absolute Gasteiger partial charge is 0.609 e. The summed E-state index contributed by atoms with van der Waals surface area (Å²) in [6.07, 6.45) is 2.84. The maximum absolute atomic E-state index is 14.2. The maximum Gasteiger partial charge on any atom is 0.328 e. The van der Waals surface area contributed by atoms with Crippen LogP contribution < -0.4 is 0 Å². The van der Waals surface area contributed by atoms with E-state index in [2.05, 4.69) is 9.97 Å². The van der Waals surface area contributed by atoms with Gasteiger partial charge in [0.15, 0.2) is 11.6 Å². The lowest BCUT2D eigenvalue weighted by molar-refractivity contribution is 0.0777. The van der Waals surface area contributed by atoms with Crippen LogP contribution in [0.1, 0.15) is 25.9 Å². The van der Waals surface area contributed by atoms with Crippen molar-refractivity contribution in [3.05, 3.63) is 93.2 Å². The molecule has 0 saturated heterocycles. The van der Waals surface area contributed by atoms with Crippen molar-refractivity contribution in [2.75, 3.05) is 7.05 Å². The third kappa shape index (κ3) is 5.24. The molecule has 2 heterocycles. The number of halogens is 4. The second-order valence-electron chi connectivity index (χ2n) is 7.56. The van der Waals surface area contributed by atoms with Crippen molar-refractivity contribution in [3.63, 3.8) is 0 Å². The lowest BCUT2D eigenvalue weighted by Crippen LogP contribution is -2.28. The van der Waals surface area contributed by atoms with Crippen molar-refractivity contribution in [3.8, 4) is 5.69 Å². The van der Waals surface area contributed by atoms with Crippen LogP contribution in [-0.2, 0) is 23.5 Å². The number of imidazole rings is 1. The number of carbonyl (C=O) groups excluding carboxylic acids is 1. The fourth-order valence-electron chi connectivity index (χ4n) is 3.36. The predicted octanol–water partition coefficient (Wildman–Crippen LogP) is 4.77. The Bertz CT molecular complexity index is 1370. The van der Waals surface area contributed by atoms with E-state index in [9.17, 15) is 26.9 Å². The molecule has 0 aliphatic rings. The van der Waals surface area contributed by atoms with Crippen LogP contribution in [0.4, 0.5) is 17.6 Å². The Hall–Kier alpha value is -3.22. The van der Waals surface area contributed by atoms with Gasteiger partial charge in [0, 0.05) is 29.3 Å². The third-order valence-electron chi connectivity index (χ3n) is 5.06. The summed E-state index contributed by atoms with van der Waals surface area (Å²) in [7, 11) is 1.56. The fourth-order valence-corrected chi connectivity index (χ4v) is 5.44. The van der Waals surface area contributed by atoms with E-state index < -0.39 is 51.7 Å².